The van der Waals surface area contributed by atoms with Crippen LogP contribution in [0.5, 0.6) is 0 Å². The molecule has 0 radical (unpaired) electrons. The number of carbonyl (C=O) groups is 1. The topological polar surface area (TPSA) is 50.5 Å². The van der Waals surface area contributed by atoms with Crippen LogP contribution in [0, 0.1) is 0 Å². The maximum atomic E-state index is 13.8. The smallest absolute Gasteiger partial charge is 0.308 e. The average molecular weight is 422 g/mol. The number of alkyl halides is 3. The van der Waals surface area contributed by atoms with E-state index in [0.29, 0.717) is 16.6 Å². The Morgan fingerprint density at radius 3 is 2.52 bits per heavy atom. The Balaban J connectivity index is 1.68. The number of hydrogen-bond acceptors (Lipinski definition) is 3. The van der Waals surface area contributed by atoms with Gasteiger partial charge in [-0.3, -0.25) is 4.79 Å². The molecule has 1 aliphatic rings. The number of nitrogens with zero attached hydrogens (tertiary/aromatic N) is 4. The molecule has 31 heavy (non-hydrogen) atoms. The molecule has 0 aliphatic carbocycles. The fraction of sp³-hybridized carbons (Fsp3) is 0.174. The van der Waals surface area contributed by atoms with Gasteiger partial charge in [0, 0.05) is 17.8 Å². The molecule has 0 unspecified atom stereocenters. The predicted molar refractivity (Wildman–Crippen MR) is 110 cm³/mol. The number of fused-ring (bicyclic) bond motifs is 2. The summed E-state index contributed by atoms with van der Waals surface area (Å²) in [6.45, 7) is 0.484. The molecule has 3 heterocycles. The second-order valence-corrected chi connectivity index (χ2v) is 7.37. The van der Waals surface area contributed by atoms with Crippen LogP contribution in [0.2, 0.25) is 0 Å². The highest BCUT2D eigenvalue weighted by Gasteiger charge is 2.36. The van der Waals surface area contributed by atoms with Crippen molar-refractivity contribution in [3.8, 4) is 11.3 Å². The van der Waals surface area contributed by atoms with Crippen LogP contribution in [0.25, 0.3) is 16.9 Å². The van der Waals surface area contributed by atoms with Crippen molar-refractivity contribution in [2.45, 2.75) is 19.0 Å². The molecule has 2 aromatic carbocycles. The zero-order chi connectivity index (χ0) is 21.6. The lowest BCUT2D eigenvalue weighted by atomic mass is 10.0. The molecule has 0 bridgehead atoms. The molecule has 0 N–H and O–H groups in total. The Kier molecular flexibility index (Phi) is 4.50. The van der Waals surface area contributed by atoms with E-state index in [1.54, 1.807) is 35.2 Å². The van der Waals surface area contributed by atoms with Gasteiger partial charge in [-0.25, -0.2) is 9.50 Å². The van der Waals surface area contributed by atoms with Crippen molar-refractivity contribution in [1.29, 1.82) is 0 Å². The van der Waals surface area contributed by atoms with Gasteiger partial charge in [-0.1, -0.05) is 48.5 Å². The van der Waals surface area contributed by atoms with Crippen LogP contribution in [-0.4, -0.2) is 27.0 Å². The first-order valence-electron chi connectivity index (χ1n) is 9.84. The van der Waals surface area contributed by atoms with Gasteiger partial charge in [0.1, 0.15) is 5.56 Å². The maximum Gasteiger partial charge on any atom is 0.433 e. The highest BCUT2D eigenvalue weighted by atomic mass is 19.4. The van der Waals surface area contributed by atoms with E-state index in [1.807, 2.05) is 24.3 Å². The lowest BCUT2D eigenvalue weighted by molar-refractivity contribution is -0.142. The molecular formula is C23H17F3N4O. The number of anilines is 1. The van der Waals surface area contributed by atoms with E-state index in [0.717, 1.165) is 30.2 Å². The van der Waals surface area contributed by atoms with Gasteiger partial charge in [-0.15, -0.1) is 0 Å². The number of amides is 1. The first-order valence-corrected chi connectivity index (χ1v) is 9.84. The summed E-state index contributed by atoms with van der Waals surface area (Å²) >= 11 is 0. The standard InChI is InChI=1S/C23H17F3N4O/c24-23(25,26)20-13-18(15-7-2-1-3-8-15)28-21-17(14-27-30(20)21)22(31)29-12-6-10-16-9-4-5-11-19(16)29/h1-5,7-9,11,13-14H,6,10,12H2. The first-order chi connectivity index (χ1) is 14.9. The Bertz CT molecular complexity index is 1280. The third-order valence-corrected chi connectivity index (χ3v) is 5.42. The molecule has 0 spiro atoms. The summed E-state index contributed by atoms with van der Waals surface area (Å²) in [5, 5.41) is 3.88. The summed E-state index contributed by atoms with van der Waals surface area (Å²) < 4.78 is 42.1. The molecule has 0 atom stereocenters. The zero-order valence-corrected chi connectivity index (χ0v) is 16.3. The van der Waals surface area contributed by atoms with Gasteiger partial charge in [-0.2, -0.15) is 18.3 Å². The molecule has 156 valence electrons. The summed E-state index contributed by atoms with van der Waals surface area (Å²) in [7, 11) is 0. The van der Waals surface area contributed by atoms with E-state index in [-0.39, 0.29) is 16.9 Å². The van der Waals surface area contributed by atoms with E-state index in [9.17, 15) is 18.0 Å². The van der Waals surface area contributed by atoms with E-state index < -0.39 is 17.8 Å². The molecule has 2 aromatic heterocycles. The maximum absolute atomic E-state index is 13.8. The Morgan fingerprint density at radius 2 is 1.74 bits per heavy atom. The van der Waals surface area contributed by atoms with Crippen LogP contribution in [-0.2, 0) is 12.6 Å². The van der Waals surface area contributed by atoms with Crippen molar-refractivity contribution in [3.05, 3.63) is 83.7 Å². The van der Waals surface area contributed by atoms with Crippen molar-refractivity contribution in [3.63, 3.8) is 0 Å². The van der Waals surface area contributed by atoms with Crippen LogP contribution >= 0.6 is 0 Å². The van der Waals surface area contributed by atoms with E-state index in [4.69, 9.17) is 0 Å². The van der Waals surface area contributed by atoms with Crippen molar-refractivity contribution in [1.82, 2.24) is 14.6 Å². The van der Waals surface area contributed by atoms with Gasteiger partial charge < -0.3 is 4.90 Å². The summed E-state index contributed by atoms with van der Waals surface area (Å²) in [5.74, 6) is -0.409. The van der Waals surface area contributed by atoms with E-state index >= 15 is 0 Å². The molecular weight excluding hydrogens is 405 g/mol. The van der Waals surface area contributed by atoms with Crippen molar-refractivity contribution in [2.24, 2.45) is 0 Å². The monoisotopic (exact) mass is 422 g/mol. The van der Waals surface area contributed by atoms with E-state index in [1.165, 1.54) is 6.20 Å². The molecule has 8 heteroatoms. The van der Waals surface area contributed by atoms with Crippen LogP contribution in [0.15, 0.2) is 66.9 Å². The summed E-state index contributed by atoms with van der Waals surface area (Å²) in [6.07, 6.45) is -1.86. The lowest BCUT2D eigenvalue weighted by Crippen LogP contribution is -2.35. The van der Waals surface area contributed by atoms with Gasteiger partial charge >= 0.3 is 6.18 Å². The van der Waals surface area contributed by atoms with Crippen LogP contribution in [0.3, 0.4) is 0 Å². The first kappa shape index (κ1) is 19.3. The third-order valence-electron chi connectivity index (χ3n) is 5.42. The molecule has 0 saturated heterocycles. The number of aromatic nitrogens is 3. The largest absolute Gasteiger partial charge is 0.433 e. The van der Waals surface area contributed by atoms with Crippen molar-refractivity contribution in [2.75, 3.05) is 11.4 Å². The molecule has 0 saturated carbocycles. The highest BCUT2D eigenvalue weighted by Crippen LogP contribution is 2.34. The number of para-hydroxylation sites is 1. The van der Waals surface area contributed by atoms with Gasteiger partial charge in [0.2, 0.25) is 0 Å². The molecule has 1 aliphatic heterocycles. The Morgan fingerprint density at radius 1 is 1.00 bits per heavy atom. The minimum atomic E-state index is -4.66. The van der Waals surface area contributed by atoms with Gasteiger partial charge in [0.05, 0.1) is 11.9 Å². The molecule has 5 nitrogen and oxygen atoms in total. The van der Waals surface area contributed by atoms with Crippen LogP contribution in [0.4, 0.5) is 18.9 Å². The van der Waals surface area contributed by atoms with Crippen molar-refractivity contribution >= 4 is 17.2 Å². The number of carbonyl (C=O) groups excluding carboxylic acids is 1. The molecule has 0 fully saturated rings. The minimum absolute atomic E-state index is 0.0417. The lowest BCUT2D eigenvalue weighted by Gasteiger charge is -2.29. The minimum Gasteiger partial charge on any atom is -0.308 e. The Labute approximate surface area is 175 Å². The van der Waals surface area contributed by atoms with Crippen LogP contribution < -0.4 is 4.90 Å². The molecule has 1 amide bonds. The molecule has 5 rings (SSSR count). The van der Waals surface area contributed by atoms with E-state index in [2.05, 4.69) is 10.1 Å². The zero-order valence-electron chi connectivity index (χ0n) is 16.3. The van der Waals surface area contributed by atoms with Gasteiger partial charge in [0.15, 0.2) is 11.3 Å². The fourth-order valence-electron chi connectivity index (χ4n) is 3.96. The van der Waals surface area contributed by atoms with Crippen molar-refractivity contribution < 1.29 is 18.0 Å². The third kappa shape index (κ3) is 3.34. The number of benzene rings is 2. The van der Waals surface area contributed by atoms with Gasteiger partial charge in [0.25, 0.3) is 5.91 Å². The summed E-state index contributed by atoms with van der Waals surface area (Å²) in [4.78, 5) is 19.4. The second-order valence-electron chi connectivity index (χ2n) is 7.37. The predicted octanol–water partition coefficient (Wildman–Crippen LogP) is 5.01. The number of aryl methyl sites for hydroxylation is 1. The molecule has 4 aromatic rings. The fourth-order valence-corrected chi connectivity index (χ4v) is 3.96. The van der Waals surface area contributed by atoms with Gasteiger partial charge in [-0.05, 0) is 30.5 Å². The highest BCUT2D eigenvalue weighted by molar-refractivity contribution is 6.10. The second kappa shape index (κ2) is 7.23. The number of hydrogen-bond donors (Lipinski definition) is 0. The number of halogens is 3. The SMILES string of the molecule is O=C(c1cnn2c(C(F)(F)F)cc(-c3ccccc3)nc12)N1CCCc2ccccc21. The average Bonchev–Trinajstić information content (AvgIpc) is 3.21. The normalized spacial score (nSPS) is 14.0. The quantitative estimate of drug-likeness (QED) is 0.456. The van der Waals surface area contributed by atoms with Crippen LogP contribution in [0.1, 0.15) is 28.0 Å². The number of rotatable bonds is 2. The Hall–Kier alpha value is -3.68. The summed E-state index contributed by atoms with van der Waals surface area (Å²) in [5.41, 5.74) is 1.42. The summed E-state index contributed by atoms with van der Waals surface area (Å²) in [6, 6.07) is 17.1.